The van der Waals surface area contributed by atoms with Crippen molar-refractivity contribution in [3.63, 3.8) is 0 Å². The molecule has 0 amide bonds. The molecular weight excluding hydrogens is 479 g/mol. The molecule has 0 fully saturated rings. The Kier molecular flexibility index (Phi) is 4.88. The van der Waals surface area contributed by atoms with Crippen LogP contribution in [0.15, 0.2) is 115 Å². The van der Waals surface area contributed by atoms with Crippen LogP contribution in [0.1, 0.15) is 23.1 Å². The van der Waals surface area contributed by atoms with E-state index in [2.05, 4.69) is 115 Å². The van der Waals surface area contributed by atoms with Gasteiger partial charge in [-0.05, 0) is 0 Å². The van der Waals surface area contributed by atoms with Crippen LogP contribution in [-0.4, -0.2) is 19.8 Å². The monoisotopic (exact) mass is 503 g/mol. The van der Waals surface area contributed by atoms with E-state index in [1.54, 1.807) is 16.3 Å². The summed E-state index contributed by atoms with van der Waals surface area (Å²) in [4.78, 5) is 0. The fraction of sp³-hybridized carbons (Fsp3) is 0.0667. The van der Waals surface area contributed by atoms with Gasteiger partial charge in [0, 0.05) is 0 Å². The van der Waals surface area contributed by atoms with E-state index in [0.717, 1.165) is 12.8 Å². The average molecular weight is 502 g/mol. The maximum absolute atomic E-state index is 2.44. The Balaban J connectivity index is 1.58. The second-order valence-corrected chi connectivity index (χ2v) is 15.1. The number of hydrogen-bond acceptors (Lipinski definition) is 0. The molecule has 6 rings (SSSR count). The fourth-order valence-electron chi connectivity index (χ4n) is 5.08. The summed E-state index contributed by atoms with van der Waals surface area (Å²) >= 11 is -2.42. The standard InChI is InChI=1S/C13H9.C11H9.C6H5.Sn/c1-3-7-12-10(5-1)9-11-6-2-4-8-13(11)12;1-2-6-10(7-3-1)11-8-4-5-9-11;1-2-4-6-5-3-1;/h1-5,7-8H,9H2;1-6,8H,9H2;1-5H;. The fourth-order valence-corrected chi connectivity index (χ4v) is 13.6. The average Bonchev–Trinajstić information content (AvgIpc) is 3.49. The summed E-state index contributed by atoms with van der Waals surface area (Å²) in [7, 11) is 0. The van der Waals surface area contributed by atoms with Crippen LogP contribution < -0.4 is 10.7 Å². The molecule has 0 atom stereocenters. The Morgan fingerprint density at radius 2 is 1.29 bits per heavy atom. The van der Waals surface area contributed by atoms with Gasteiger partial charge in [0.25, 0.3) is 0 Å². The van der Waals surface area contributed by atoms with Crippen molar-refractivity contribution in [1.82, 2.24) is 0 Å². The van der Waals surface area contributed by atoms with Crippen LogP contribution in [-0.2, 0) is 6.42 Å². The second-order valence-electron chi connectivity index (χ2n) is 8.28. The minimum absolute atomic E-state index is 1.04. The van der Waals surface area contributed by atoms with Crippen LogP contribution in [0.3, 0.4) is 0 Å². The molecule has 0 heterocycles. The predicted octanol–water partition coefficient (Wildman–Crippen LogP) is 5.12. The summed E-state index contributed by atoms with van der Waals surface area (Å²) < 4.78 is 4.77. The Labute approximate surface area is 191 Å². The first-order chi connectivity index (χ1) is 15.4. The quantitative estimate of drug-likeness (QED) is 0.300. The summed E-state index contributed by atoms with van der Waals surface area (Å²) in [6.45, 7) is 0. The van der Waals surface area contributed by atoms with Gasteiger partial charge < -0.3 is 0 Å². The van der Waals surface area contributed by atoms with Crippen molar-refractivity contribution in [2.24, 2.45) is 0 Å². The third-order valence-electron chi connectivity index (χ3n) is 6.50. The van der Waals surface area contributed by atoms with E-state index in [0.29, 0.717) is 0 Å². The molecule has 0 bridgehead atoms. The number of benzene rings is 4. The molecule has 0 saturated heterocycles. The third kappa shape index (κ3) is 3.30. The molecule has 0 N–H and O–H groups in total. The van der Waals surface area contributed by atoms with Gasteiger partial charge in [-0.3, -0.25) is 0 Å². The van der Waals surface area contributed by atoms with Crippen molar-refractivity contribution < 1.29 is 0 Å². The van der Waals surface area contributed by atoms with Crippen LogP contribution in [0.4, 0.5) is 0 Å². The van der Waals surface area contributed by atoms with Crippen LogP contribution in [0.5, 0.6) is 0 Å². The molecule has 0 nitrogen and oxygen atoms in total. The van der Waals surface area contributed by atoms with Crippen LogP contribution >= 0.6 is 0 Å². The first kappa shape index (κ1) is 18.9. The summed E-state index contributed by atoms with van der Waals surface area (Å²) in [5.41, 5.74) is 8.82. The summed E-state index contributed by atoms with van der Waals surface area (Å²) in [5.74, 6) is 0. The molecule has 2 aliphatic rings. The molecule has 4 aromatic rings. The topological polar surface area (TPSA) is 0 Å². The van der Waals surface area contributed by atoms with Gasteiger partial charge in [-0.1, -0.05) is 0 Å². The number of rotatable bonds is 4. The molecule has 0 aliphatic heterocycles. The molecule has 0 saturated carbocycles. The van der Waals surface area contributed by atoms with Gasteiger partial charge in [-0.15, -0.1) is 0 Å². The van der Waals surface area contributed by atoms with Crippen LogP contribution in [0, 0.1) is 0 Å². The molecule has 2 aliphatic carbocycles. The van der Waals surface area contributed by atoms with Crippen LogP contribution in [0.2, 0.25) is 0 Å². The van der Waals surface area contributed by atoms with E-state index >= 15 is 0 Å². The molecule has 1 radical (unpaired) electrons. The van der Waals surface area contributed by atoms with Crippen molar-refractivity contribution in [3.8, 4) is 11.1 Å². The zero-order valence-electron chi connectivity index (χ0n) is 17.4. The van der Waals surface area contributed by atoms with Crippen molar-refractivity contribution in [1.29, 1.82) is 0 Å². The van der Waals surface area contributed by atoms with Gasteiger partial charge in [-0.25, -0.2) is 0 Å². The molecular formula is C30H23Sn. The Hall–Kier alpha value is -2.84. The van der Waals surface area contributed by atoms with Crippen molar-refractivity contribution in [3.05, 3.63) is 132 Å². The number of allylic oxidation sites excluding steroid dienone is 4. The third-order valence-corrected chi connectivity index (χ3v) is 14.8. The van der Waals surface area contributed by atoms with E-state index in [1.807, 2.05) is 0 Å². The van der Waals surface area contributed by atoms with Crippen molar-refractivity contribution >= 4 is 36.1 Å². The van der Waals surface area contributed by atoms with Gasteiger partial charge in [-0.2, -0.15) is 0 Å². The molecule has 0 aromatic heterocycles. The second kappa shape index (κ2) is 8.01. The zero-order chi connectivity index (χ0) is 20.6. The van der Waals surface area contributed by atoms with E-state index < -0.39 is 19.8 Å². The van der Waals surface area contributed by atoms with Crippen molar-refractivity contribution in [2.45, 2.75) is 12.8 Å². The van der Waals surface area contributed by atoms with Gasteiger partial charge in [0.2, 0.25) is 0 Å². The normalized spacial score (nSPS) is 13.9. The summed E-state index contributed by atoms with van der Waals surface area (Å²) in [6, 6.07) is 36.5. The van der Waals surface area contributed by atoms with E-state index in [4.69, 9.17) is 0 Å². The van der Waals surface area contributed by atoms with E-state index in [-0.39, 0.29) is 0 Å². The van der Waals surface area contributed by atoms with Crippen LogP contribution in [0.25, 0.3) is 16.7 Å². The minimum atomic E-state index is -2.42. The van der Waals surface area contributed by atoms with Gasteiger partial charge in [0.1, 0.15) is 0 Å². The first-order valence-electron chi connectivity index (χ1n) is 11.0. The first-order valence-corrected chi connectivity index (χ1v) is 15.3. The molecule has 4 aromatic carbocycles. The Morgan fingerprint density at radius 3 is 2.13 bits per heavy atom. The maximum atomic E-state index is 2.44. The Bertz CT molecular complexity index is 1330. The SMILES string of the molecule is C1=CCC(c2cccc[c]2[Sn]([c]2ccccc2)[c]2cccc3c2Cc2ccccc2-3)=C1. The van der Waals surface area contributed by atoms with Gasteiger partial charge in [0.15, 0.2) is 0 Å². The molecule has 31 heavy (non-hydrogen) atoms. The van der Waals surface area contributed by atoms with E-state index in [9.17, 15) is 0 Å². The molecule has 0 spiro atoms. The zero-order valence-corrected chi connectivity index (χ0v) is 20.2. The molecule has 0 unspecified atom stereocenters. The summed E-state index contributed by atoms with van der Waals surface area (Å²) in [6.07, 6.45) is 8.88. The van der Waals surface area contributed by atoms with E-state index in [1.165, 1.54) is 27.8 Å². The van der Waals surface area contributed by atoms with Crippen molar-refractivity contribution in [2.75, 3.05) is 0 Å². The number of fused-ring (bicyclic) bond motifs is 3. The summed E-state index contributed by atoms with van der Waals surface area (Å²) in [5, 5.41) is 0. The Morgan fingerprint density at radius 1 is 0.581 bits per heavy atom. The predicted molar refractivity (Wildman–Crippen MR) is 134 cm³/mol. The molecule has 1 heteroatoms. The molecule has 147 valence electrons. The van der Waals surface area contributed by atoms with Gasteiger partial charge in [0.05, 0.1) is 0 Å². The number of hydrogen-bond donors (Lipinski definition) is 0. The van der Waals surface area contributed by atoms with Gasteiger partial charge >= 0.3 is 192 Å².